The van der Waals surface area contributed by atoms with E-state index >= 15 is 0 Å². The molecule has 8 nitrogen and oxygen atoms in total. The van der Waals surface area contributed by atoms with Gasteiger partial charge in [-0.2, -0.15) is 13.2 Å². The molecule has 2 aromatic rings. The molecule has 4 bridgehead atoms. The van der Waals surface area contributed by atoms with E-state index in [1.165, 1.54) is 6.42 Å². The van der Waals surface area contributed by atoms with Crippen LogP contribution in [-0.2, 0) is 6.18 Å². The van der Waals surface area contributed by atoms with E-state index in [4.69, 9.17) is 10.8 Å². The summed E-state index contributed by atoms with van der Waals surface area (Å²) < 4.78 is 35.6. The Morgan fingerprint density at radius 2 is 1.73 bits per heavy atom. The minimum absolute atomic E-state index is 0.0402. The minimum atomic E-state index is -4.59. The number of hydrogen-bond donors (Lipinski definition) is 3. The third kappa shape index (κ3) is 5.13. The monoisotopic (exact) mass is 463 g/mol. The highest BCUT2D eigenvalue weighted by Crippen LogP contribution is 2.56. The number of hydrogen-bond acceptors (Lipinski definition) is 6. The highest BCUT2D eigenvalue weighted by atomic mass is 19.4. The Bertz CT molecular complexity index is 1020. The summed E-state index contributed by atoms with van der Waals surface area (Å²) in [6.07, 6.45) is 4.74. The smallest absolute Gasteiger partial charge is 0.434 e. The zero-order valence-corrected chi connectivity index (χ0v) is 17.7. The molecular weight excluding hydrogens is 439 g/mol. The highest BCUT2D eigenvalue weighted by Gasteiger charge is 2.56. The molecule has 0 spiro atoms. The third-order valence-corrected chi connectivity index (χ3v) is 6.54. The zero-order chi connectivity index (χ0) is 23.9. The minimum Gasteiger partial charge on any atom is -0.476 e. The Labute approximate surface area is 187 Å². The predicted molar refractivity (Wildman–Crippen MR) is 110 cm³/mol. The molecule has 4 fully saturated rings. The lowest BCUT2D eigenvalue weighted by atomic mass is 9.50. The number of alkyl halides is 3. The van der Waals surface area contributed by atoms with E-state index < -0.39 is 23.5 Å². The molecule has 4 N–H and O–H groups in total. The lowest BCUT2D eigenvalue weighted by Gasteiger charge is -2.61. The van der Waals surface area contributed by atoms with Gasteiger partial charge in [-0.15, -0.1) is 0 Å². The van der Waals surface area contributed by atoms with Gasteiger partial charge in [-0.3, -0.25) is 9.78 Å². The number of carbonyl (C=O) groups is 2. The van der Waals surface area contributed by atoms with E-state index in [1.54, 1.807) is 12.3 Å². The maximum Gasteiger partial charge on any atom is 0.434 e. The van der Waals surface area contributed by atoms with Gasteiger partial charge in [0.2, 0.25) is 0 Å². The summed E-state index contributed by atoms with van der Waals surface area (Å²) in [6, 6.07) is 5.45. The number of carbonyl (C=O) groups excluding carboxylic acids is 1. The summed E-state index contributed by atoms with van der Waals surface area (Å²) >= 11 is 0. The summed E-state index contributed by atoms with van der Waals surface area (Å²) in [5.74, 6) is -0.0621. The number of aromatic nitrogens is 3. The Kier molecular flexibility index (Phi) is 5.85. The fraction of sp³-hybridized carbons (Fsp3) is 0.500. The number of nitrogens with two attached hydrogens (primary N) is 1. The molecule has 2 heterocycles. The SMILES string of the molecule is NC12CC3CC(C1)CC(NC(=O)c1ccccn1)(C3)C2.O=C(O)c1cnc(C(F)(F)F)cn1. The van der Waals surface area contributed by atoms with Crippen molar-refractivity contribution in [3.63, 3.8) is 0 Å². The molecule has 1 amide bonds. The van der Waals surface area contributed by atoms with Gasteiger partial charge in [-0.05, 0) is 62.5 Å². The number of carboxylic acids is 1. The van der Waals surface area contributed by atoms with Crippen LogP contribution in [0.4, 0.5) is 13.2 Å². The van der Waals surface area contributed by atoms with Crippen LogP contribution in [-0.4, -0.2) is 43.0 Å². The number of amides is 1. The summed E-state index contributed by atoms with van der Waals surface area (Å²) in [5.41, 5.74) is 5.21. The van der Waals surface area contributed by atoms with Gasteiger partial charge < -0.3 is 16.2 Å². The number of pyridine rings is 1. The second-order valence-corrected chi connectivity index (χ2v) is 9.36. The molecule has 0 aromatic carbocycles. The number of nitrogens with one attached hydrogen (secondary N) is 1. The third-order valence-electron chi connectivity index (χ3n) is 6.54. The van der Waals surface area contributed by atoms with Crippen LogP contribution >= 0.6 is 0 Å². The lowest BCUT2D eigenvalue weighted by Crippen LogP contribution is -2.68. The van der Waals surface area contributed by atoms with Crippen LogP contribution in [0, 0.1) is 11.8 Å². The molecule has 0 saturated heterocycles. The average molecular weight is 463 g/mol. The standard InChI is InChI=1S/C16H21N3O.C6H3F3N2O2/c17-15-6-11-5-12(7-15)9-16(8-11,10-15)19-14(20)13-3-1-2-4-18-13;7-6(8,9)4-2-10-3(1-11-4)5(12)13/h1-4,11-12H,5-10,17H2,(H,19,20);1-2H,(H,12,13). The van der Waals surface area contributed by atoms with Crippen molar-refractivity contribution < 1.29 is 27.9 Å². The number of halogens is 3. The molecule has 4 aliphatic carbocycles. The molecular formula is C22H24F3N5O3. The number of nitrogens with zero attached hydrogens (tertiary/aromatic N) is 3. The molecule has 176 valence electrons. The van der Waals surface area contributed by atoms with Crippen molar-refractivity contribution in [3.8, 4) is 0 Å². The van der Waals surface area contributed by atoms with Crippen LogP contribution < -0.4 is 11.1 Å². The molecule has 33 heavy (non-hydrogen) atoms. The van der Waals surface area contributed by atoms with Crippen molar-refractivity contribution in [2.75, 3.05) is 0 Å². The van der Waals surface area contributed by atoms with Crippen molar-refractivity contribution in [2.24, 2.45) is 17.6 Å². The van der Waals surface area contributed by atoms with Gasteiger partial charge in [0.25, 0.3) is 5.91 Å². The fourth-order valence-electron chi connectivity index (χ4n) is 5.87. The van der Waals surface area contributed by atoms with Crippen molar-refractivity contribution in [2.45, 2.75) is 55.8 Å². The molecule has 4 saturated carbocycles. The van der Waals surface area contributed by atoms with Gasteiger partial charge >= 0.3 is 12.1 Å². The zero-order valence-electron chi connectivity index (χ0n) is 17.7. The van der Waals surface area contributed by atoms with Gasteiger partial charge in [0, 0.05) is 17.3 Å². The lowest BCUT2D eigenvalue weighted by molar-refractivity contribution is -0.141. The van der Waals surface area contributed by atoms with Gasteiger partial charge in [0.1, 0.15) is 5.69 Å². The number of rotatable bonds is 3. The maximum atomic E-state index is 12.4. The second-order valence-electron chi connectivity index (χ2n) is 9.36. The van der Waals surface area contributed by atoms with E-state index in [0.717, 1.165) is 32.1 Å². The van der Waals surface area contributed by atoms with E-state index in [9.17, 15) is 22.8 Å². The van der Waals surface area contributed by atoms with Crippen LogP contribution in [0.5, 0.6) is 0 Å². The molecule has 11 heteroatoms. The predicted octanol–water partition coefficient (Wildman–Crippen LogP) is 3.06. The van der Waals surface area contributed by atoms with E-state index in [-0.39, 0.29) is 17.0 Å². The van der Waals surface area contributed by atoms with E-state index in [1.807, 2.05) is 12.1 Å². The first-order valence-electron chi connectivity index (χ1n) is 10.6. The van der Waals surface area contributed by atoms with Crippen LogP contribution in [0.25, 0.3) is 0 Å². The second kappa shape index (κ2) is 8.36. The first-order chi connectivity index (χ1) is 15.5. The van der Waals surface area contributed by atoms with Crippen LogP contribution in [0.15, 0.2) is 36.8 Å². The molecule has 4 aliphatic rings. The fourth-order valence-corrected chi connectivity index (χ4v) is 5.87. The Hall–Kier alpha value is -3.08. The van der Waals surface area contributed by atoms with E-state index in [2.05, 4.69) is 20.3 Å². The van der Waals surface area contributed by atoms with E-state index in [0.29, 0.717) is 29.9 Å². The number of aromatic carboxylic acids is 1. The van der Waals surface area contributed by atoms with Gasteiger partial charge in [0.15, 0.2) is 11.4 Å². The van der Waals surface area contributed by atoms with Crippen molar-refractivity contribution >= 4 is 11.9 Å². The Morgan fingerprint density at radius 1 is 1.03 bits per heavy atom. The summed E-state index contributed by atoms with van der Waals surface area (Å²) in [6.45, 7) is 0. The molecule has 2 unspecified atom stereocenters. The van der Waals surface area contributed by atoms with Gasteiger partial charge in [0.05, 0.1) is 12.4 Å². The quantitative estimate of drug-likeness (QED) is 0.638. The summed E-state index contributed by atoms with van der Waals surface area (Å²) in [7, 11) is 0. The molecule has 2 atom stereocenters. The normalized spacial score (nSPS) is 29.7. The van der Waals surface area contributed by atoms with Crippen molar-refractivity contribution in [1.29, 1.82) is 0 Å². The first kappa shape index (κ1) is 23.1. The molecule has 0 aliphatic heterocycles. The number of carboxylic acid groups (broad SMARTS) is 1. The van der Waals surface area contributed by atoms with Crippen LogP contribution in [0.2, 0.25) is 0 Å². The summed E-state index contributed by atoms with van der Waals surface area (Å²) in [5, 5.41) is 11.6. The molecule has 6 rings (SSSR count). The average Bonchev–Trinajstić information content (AvgIpc) is 2.72. The topological polar surface area (TPSA) is 131 Å². The van der Waals surface area contributed by atoms with Gasteiger partial charge in [-0.25, -0.2) is 14.8 Å². The maximum absolute atomic E-state index is 12.4. The molecule has 2 aromatic heterocycles. The summed E-state index contributed by atoms with van der Waals surface area (Å²) in [4.78, 5) is 32.7. The first-order valence-corrected chi connectivity index (χ1v) is 10.6. The highest BCUT2D eigenvalue weighted by molar-refractivity contribution is 5.92. The van der Waals surface area contributed by atoms with Crippen molar-refractivity contribution in [3.05, 3.63) is 53.9 Å². The van der Waals surface area contributed by atoms with Crippen LogP contribution in [0.1, 0.15) is 65.2 Å². The Balaban J connectivity index is 0.000000174. The Morgan fingerprint density at radius 3 is 2.21 bits per heavy atom. The van der Waals surface area contributed by atoms with Crippen molar-refractivity contribution in [1.82, 2.24) is 20.3 Å². The largest absolute Gasteiger partial charge is 0.476 e. The van der Waals surface area contributed by atoms with Crippen LogP contribution in [0.3, 0.4) is 0 Å². The van der Waals surface area contributed by atoms with Gasteiger partial charge in [-0.1, -0.05) is 6.07 Å². The molecule has 0 radical (unpaired) electrons.